The van der Waals surface area contributed by atoms with Crippen LogP contribution in [0.25, 0.3) is 0 Å². The summed E-state index contributed by atoms with van der Waals surface area (Å²) in [4.78, 5) is 0. The summed E-state index contributed by atoms with van der Waals surface area (Å²) in [5, 5.41) is 3.73. The monoisotopic (exact) mass is 275 g/mol. The number of hydrogen-bond donors (Lipinski definition) is 1. The fraction of sp³-hybridized carbons (Fsp3) is 0.667. The Hall–Kier alpha value is -1.02. The van der Waals surface area contributed by atoms with Gasteiger partial charge in [-0.3, -0.25) is 0 Å². The van der Waals surface area contributed by atoms with Gasteiger partial charge in [0.1, 0.15) is 0 Å². The van der Waals surface area contributed by atoms with E-state index in [0.29, 0.717) is 18.1 Å². The van der Waals surface area contributed by atoms with E-state index in [1.807, 2.05) is 0 Å². The van der Waals surface area contributed by atoms with Gasteiger partial charge >= 0.3 is 0 Å². The quantitative estimate of drug-likeness (QED) is 0.848. The van der Waals surface area contributed by atoms with Crippen LogP contribution in [0.15, 0.2) is 24.3 Å². The van der Waals surface area contributed by atoms with Crippen molar-refractivity contribution in [2.45, 2.75) is 59.1 Å². The topological polar surface area (TPSA) is 21.3 Å². The third-order valence-corrected chi connectivity index (χ3v) is 4.63. The first-order valence-electron chi connectivity index (χ1n) is 7.84. The maximum atomic E-state index is 5.28. The Labute approximate surface area is 123 Å². The molecule has 1 fully saturated rings. The molecule has 0 saturated heterocycles. The molecule has 0 unspecified atom stereocenters. The molecule has 1 saturated carbocycles. The van der Waals surface area contributed by atoms with Crippen LogP contribution in [0.2, 0.25) is 0 Å². The standard InChI is InChI=1S/C18H29NO/c1-18(2,3)15-9-11-16(12-10-15)19-17-8-6-5-7-14(17)13-20-4/h5-8,15-16,19H,9-13H2,1-4H3. The normalized spacial score (nSPS) is 23.6. The van der Waals surface area contributed by atoms with E-state index < -0.39 is 0 Å². The van der Waals surface area contributed by atoms with Crippen LogP contribution in [0.5, 0.6) is 0 Å². The third-order valence-electron chi connectivity index (χ3n) is 4.63. The fourth-order valence-corrected chi connectivity index (χ4v) is 3.27. The second-order valence-corrected chi connectivity index (χ2v) is 7.15. The molecule has 0 atom stereocenters. The zero-order valence-electron chi connectivity index (χ0n) is 13.4. The van der Waals surface area contributed by atoms with Gasteiger partial charge in [-0.25, -0.2) is 0 Å². The van der Waals surface area contributed by atoms with Crippen LogP contribution < -0.4 is 5.32 Å². The summed E-state index contributed by atoms with van der Waals surface area (Å²) in [5.41, 5.74) is 2.96. The van der Waals surface area contributed by atoms with Gasteiger partial charge in [0.2, 0.25) is 0 Å². The highest BCUT2D eigenvalue weighted by Crippen LogP contribution is 2.38. The van der Waals surface area contributed by atoms with E-state index in [4.69, 9.17) is 4.74 Å². The highest BCUT2D eigenvalue weighted by molar-refractivity contribution is 5.51. The van der Waals surface area contributed by atoms with E-state index in [1.54, 1.807) is 7.11 Å². The molecule has 0 radical (unpaired) electrons. The van der Waals surface area contributed by atoms with E-state index in [0.717, 1.165) is 5.92 Å². The lowest BCUT2D eigenvalue weighted by Gasteiger charge is -2.37. The van der Waals surface area contributed by atoms with Crippen molar-refractivity contribution in [3.05, 3.63) is 29.8 Å². The molecule has 1 aliphatic carbocycles. The Morgan fingerprint density at radius 3 is 2.35 bits per heavy atom. The second kappa shape index (κ2) is 6.62. The van der Waals surface area contributed by atoms with Crippen molar-refractivity contribution in [2.24, 2.45) is 11.3 Å². The smallest absolute Gasteiger partial charge is 0.0733 e. The van der Waals surface area contributed by atoms with Gasteiger partial charge in [0.25, 0.3) is 0 Å². The first-order valence-corrected chi connectivity index (χ1v) is 7.84. The minimum atomic E-state index is 0.457. The van der Waals surface area contributed by atoms with Crippen molar-refractivity contribution in [1.82, 2.24) is 0 Å². The Balaban J connectivity index is 1.93. The van der Waals surface area contributed by atoms with Gasteiger partial charge in [-0.05, 0) is 43.1 Å². The summed E-state index contributed by atoms with van der Waals surface area (Å²) in [5.74, 6) is 0.870. The molecule has 1 N–H and O–H groups in total. The van der Waals surface area contributed by atoms with Gasteiger partial charge in [0.15, 0.2) is 0 Å². The van der Waals surface area contributed by atoms with Gasteiger partial charge in [-0.2, -0.15) is 0 Å². The number of methoxy groups -OCH3 is 1. The molecule has 0 bridgehead atoms. The zero-order chi connectivity index (χ0) is 14.6. The number of anilines is 1. The average molecular weight is 275 g/mol. The molecule has 1 aromatic carbocycles. The molecule has 0 amide bonds. The van der Waals surface area contributed by atoms with Crippen LogP contribution in [0.1, 0.15) is 52.0 Å². The third kappa shape index (κ3) is 3.99. The van der Waals surface area contributed by atoms with E-state index in [-0.39, 0.29) is 0 Å². The molecular formula is C18H29NO. The molecule has 112 valence electrons. The Bertz CT molecular complexity index is 414. The van der Waals surface area contributed by atoms with Crippen LogP contribution in [0, 0.1) is 11.3 Å². The number of benzene rings is 1. The molecule has 2 nitrogen and oxygen atoms in total. The average Bonchev–Trinajstić information content (AvgIpc) is 2.41. The first-order chi connectivity index (χ1) is 9.50. The predicted molar refractivity (Wildman–Crippen MR) is 86.0 cm³/mol. The predicted octanol–water partition coefficient (Wildman–Crippen LogP) is 4.85. The van der Waals surface area contributed by atoms with Gasteiger partial charge in [-0.15, -0.1) is 0 Å². The number of nitrogens with one attached hydrogen (secondary N) is 1. The molecule has 20 heavy (non-hydrogen) atoms. The van der Waals surface area contributed by atoms with E-state index >= 15 is 0 Å². The summed E-state index contributed by atoms with van der Waals surface area (Å²) in [7, 11) is 1.76. The number of rotatable bonds is 4. The highest BCUT2D eigenvalue weighted by atomic mass is 16.5. The van der Waals surface area contributed by atoms with Crippen LogP contribution in [-0.4, -0.2) is 13.2 Å². The highest BCUT2D eigenvalue weighted by Gasteiger charge is 2.29. The van der Waals surface area contributed by atoms with E-state index in [2.05, 4.69) is 50.4 Å². The Kier molecular flexibility index (Phi) is 5.09. The summed E-state index contributed by atoms with van der Waals surface area (Å²) in [6, 6.07) is 9.11. The minimum Gasteiger partial charge on any atom is -0.382 e. The lowest BCUT2D eigenvalue weighted by molar-refractivity contribution is 0.173. The van der Waals surface area contributed by atoms with Crippen LogP contribution in [0.3, 0.4) is 0 Å². The number of hydrogen-bond acceptors (Lipinski definition) is 2. The first kappa shape index (κ1) is 15.4. The Morgan fingerprint density at radius 2 is 1.75 bits per heavy atom. The maximum absolute atomic E-state index is 5.28. The van der Waals surface area contributed by atoms with Crippen molar-refractivity contribution in [1.29, 1.82) is 0 Å². The minimum absolute atomic E-state index is 0.457. The Morgan fingerprint density at radius 1 is 1.10 bits per heavy atom. The number of ether oxygens (including phenoxy) is 1. The maximum Gasteiger partial charge on any atom is 0.0733 e. The summed E-state index contributed by atoms with van der Waals surface area (Å²) in [6.07, 6.45) is 5.24. The van der Waals surface area contributed by atoms with Crippen molar-refractivity contribution < 1.29 is 4.74 Å². The van der Waals surface area contributed by atoms with Crippen molar-refractivity contribution in [2.75, 3.05) is 12.4 Å². The summed E-state index contributed by atoms with van der Waals surface area (Å²) < 4.78 is 5.28. The van der Waals surface area contributed by atoms with Gasteiger partial charge in [-0.1, -0.05) is 39.0 Å². The van der Waals surface area contributed by atoms with E-state index in [9.17, 15) is 0 Å². The molecule has 0 spiro atoms. The SMILES string of the molecule is COCc1ccccc1NC1CCC(C(C)(C)C)CC1. The number of para-hydroxylation sites is 1. The molecule has 1 aliphatic rings. The summed E-state index contributed by atoms with van der Waals surface area (Å²) >= 11 is 0. The van der Waals surface area contributed by atoms with Crippen molar-refractivity contribution in [3.8, 4) is 0 Å². The summed E-state index contributed by atoms with van der Waals surface area (Å²) in [6.45, 7) is 7.80. The van der Waals surface area contributed by atoms with Crippen LogP contribution >= 0.6 is 0 Å². The van der Waals surface area contributed by atoms with Crippen LogP contribution in [-0.2, 0) is 11.3 Å². The molecule has 0 aromatic heterocycles. The second-order valence-electron chi connectivity index (χ2n) is 7.15. The van der Waals surface area contributed by atoms with Crippen LogP contribution in [0.4, 0.5) is 5.69 Å². The van der Waals surface area contributed by atoms with Gasteiger partial charge in [0, 0.05) is 24.4 Å². The zero-order valence-corrected chi connectivity index (χ0v) is 13.4. The van der Waals surface area contributed by atoms with Crippen molar-refractivity contribution in [3.63, 3.8) is 0 Å². The largest absolute Gasteiger partial charge is 0.382 e. The molecule has 2 rings (SSSR count). The van der Waals surface area contributed by atoms with Gasteiger partial charge in [0.05, 0.1) is 6.61 Å². The molecule has 0 heterocycles. The molecule has 0 aliphatic heterocycles. The van der Waals surface area contributed by atoms with Crippen molar-refractivity contribution >= 4 is 5.69 Å². The molecule has 1 aromatic rings. The molecule has 2 heteroatoms. The molecular weight excluding hydrogens is 246 g/mol. The van der Waals surface area contributed by atoms with Gasteiger partial charge < -0.3 is 10.1 Å². The fourth-order valence-electron chi connectivity index (χ4n) is 3.27. The lowest BCUT2D eigenvalue weighted by atomic mass is 9.71. The lowest BCUT2D eigenvalue weighted by Crippen LogP contribution is -2.31. The van der Waals surface area contributed by atoms with E-state index in [1.165, 1.54) is 36.9 Å².